The summed E-state index contributed by atoms with van der Waals surface area (Å²) >= 11 is 5.81. The number of rotatable bonds is 4. The first kappa shape index (κ1) is 13.2. The fourth-order valence-corrected chi connectivity index (χ4v) is 2.28. The van der Waals surface area contributed by atoms with Crippen molar-refractivity contribution in [3.8, 4) is 0 Å². The summed E-state index contributed by atoms with van der Waals surface area (Å²) in [7, 11) is 0. The molecule has 0 aliphatic carbocycles. The number of hydrogen-bond donors (Lipinski definition) is 2. The maximum Gasteiger partial charge on any atom is 0.242 e. The molecule has 5 heteroatoms. The Morgan fingerprint density at radius 2 is 2.11 bits per heavy atom. The lowest BCUT2D eigenvalue weighted by Crippen LogP contribution is -2.44. The highest BCUT2D eigenvalue weighted by Gasteiger charge is 2.33. The molecule has 1 aliphatic rings. The minimum Gasteiger partial charge on any atom is -0.373 e. The molecule has 0 radical (unpaired) electrons. The summed E-state index contributed by atoms with van der Waals surface area (Å²) in [6.45, 7) is 2.00. The van der Waals surface area contributed by atoms with Crippen LogP contribution < -0.4 is 11.1 Å². The molecule has 0 saturated carbocycles. The van der Waals surface area contributed by atoms with Gasteiger partial charge in [-0.15, -0.1) is 0 Å². The third kappa shape index (κ3) is 3.15. The number of halogens is 1. The lowest BCUT2D eigenvalue weighted by Gasteiger charge is -2.22. The van der Waals surface area contributed by atoms with Crippen LogP contribution in [-0.4, -0.2) is 24.2 Å². The molecule has 1 aliphatic heterocycles. The van der Waals surface area contributed by atoms with Gasteiger partial charge in [0.2, 0.25) is 5.91 Å². The van der Waals surface area contributed by atoms with Crippen molar-refractivity contribution in [1.29, 1.82) is 0 Å². The van der Waals surface area contributed by atoms with Crippen LogP contribution in [0.3, 0.4) is 0 Å². The molecule has 1 amide bonds. The molecule has 0 spiro atoms. The Morgan fingerprint density at radius 1 is 1.44 bits per heavy atom. The summed E-state index contributed by atoms with van der Waals surface area (Å²) in [5.41, 5.74) is 6.24. The van der Waals surface area contributed by atoms with Crippen LogP contribution in [0.4, 0.5) is 5.69 Å². The monoisotopic (exact) mass is 268 g/mol. The largest absolute Gasteiger partial charge is 0.373 e. The Kier molecular flexibility index (Phi) is 4.09. The first-order chi connectivity index (χ1) is 8.56. The average Bonchev–Trinajstić information content (AvgIpc) is 2.74. The maximum absolute atomic E-state index is 11.5. The van der Waals surface area contributed by atoms with E-state index in [1.165, 1.54) is 0 Å². The second-order valence-corrected chi connectivity index (χ2v) is 5.03. The summed E-state index contributed by atoms with van der Waals surface area (Å²) in [5.74, 6) is -0.399. The van der Waals surface area contributed by atoms with Gasteiger partial charge >= 0.3 is 0 Å². The zero-order chi connectivity index (χ0) is 13.1. The van der Waals surface area contributed by atoms with Gasteiger partial charge in [0, 0.05) is 10.7 Å². The van der Waals surface area contributed by atoms with Crippen LogP contribution in [0.5, 0.6) is 0 Å². The van der Waals surface area contributed by atoms with Gasteiger partial charge in [-0.25, -0.2) is 0 Å². The lowest BCUT2D eigenvalue weighted by molar-refractivity contribution is -0.121. The van der Waals surface area contributed by atoms with Gasteiger partial charge in [0.25, 0.3) is 0 Å². The number of carbonyl (C=O) groups is 1. The number of nitrogens with two attached hydrogens (primary N) is 1. The van der Waals surface area contributed by atoms with Gasteiger partial charge in [-0.2, -0.15) is 0 Å². The Hall–Kier alpha value is -1.26. The first-order valence-electron chi connectivity index (χ1n) is 6.03. The molecule has 98 valence electrons. The van der Waals surface area contributed by atoms with E-state index in [1.807, 2.05) is 19.1 Å². The molecule has 3 N–H and O–H groups in total. The second kappa shape index (κ2) is 5.59. The number of benzene rings is 1. The van der Waals surface area contributed by atoms with E-state index in [2.05, 4.69) is 5.32 Å². The number of anilines is 1. The third-order valence-corrected chi connectivity index (χ3v) is 3.36. The highest BCUT2D eigenvalue weighted by Crippen LogP contribution is 2.24. The minimum absolute atomic E-state index is 0.159. The molecule has 1 saturated heterocycles. The number of ether oxygens (including phenoxy) is 1. The highest BCUT2D eigenvalue weighted by atomic mass is 35.5. The summed E-state index contributed by atoms with van der Waals surface area (Å²) < 4.78 is 5.69. The predicted octanol–water partition coefficient (Wildman–Crippen LogP) is 2.17. The van der Waals surface area contributed by atoms with E-state index in [0.717, 1.165) is 18.5 Å². The molecule has 0 aromatic heterocycles. The molecule has 3 unspecified atom stereocenters. The number of carbonyl (C=O) groups excluding carboxylic acids is 1. The highest BCUT2D eigenvalue weighted by molar-refractivity contribution is 6.30. The molecule has 1 fully saturated rings. The summed E-state index contributed by atoms with van der Waals surface area (Å²) in [6, 6.07) is 6.66. The molecule has 3 atom stereocenters. The van der Waals surface area contributed by atoms with E-state index < -0.39 is 11.9 Å². The van der Waals surface area contributed by atoms with E-state index >= 15 is 0 Å². The zero-order valence-corrected chi connectivity index (χ0v) is 11.0. The predicted molar refractivity (Wildman–Crippen MR) is 71.6 cm³/mol. The van der Waals surface area contributed by atoms with E-state index in [0.29, 0.717) is 5.02 Å². The average molecular weight is 269 g/mol. The molecule has 1 aromatic carbocycles. The lowest BCUT2D eigenvalue weighted by atomic mass is 10.1. The molecule has 1 aromatic rings. The number of primary amides is 1. The fourth-order valence-electron chi connectivity index (χ4n) is 2.15. The van der Waals surface area contributed by atoms with Gasteiger partial charge < -0.3 is 15.8 Å². The smallest absolute Gasteiger partial charge is 0.242 e. The number of amides is 1. The van der Waals surface area contributed by atoms with Crippen molar-refractivity contribution in [2.45, 2.75) is 38.0 Å². The van der Waals surface area contributed by atoms with Gasteiger partial charge in [-0.3, -0.25) is 4.79 Å². The van der Waals surface area contributed by atoms with Crippen molar-refractivity contribution >= 4 is 23.2 Å². The van der Waals surface area contributed by atoms with Crippen molar-refractivity contribution in [2.24, 2.45) is 5.73 Å². The second-order valence-electron chi connectivity index (χ2n) is 4.59. The van der Waals surface area contributed by atoms with Gasteiger partial charge in [-0.05, 0) is 44.0 Å². The standard InChI is InChI=1S/C13H17ClN2O2/c1-8-2-7-11(18-8)12(13(15)17)16-10-5-3-9(14)4-6-10/h3-6,8,11-12,16H,2,7H2,1H3,(H2,15,17). The normalized spacial score (nSPS) is 24.8. The van der Waals surface area contributed by atoms with Crippen molar-refractivity contribution in [3.05, 3.63) is 29.3 Å². The molecule has 4 nitrogen and oxygen atoms in total. The Bertz CT molecular complexity index is 422. The Balaban J connectivity index is 2.07. The fraction of sp³-hybridized carbons (Fsp3) is 0.462. The first-order valence-corrected chi connectivity index (χ1v) is 6.41. The molecule has 18 heavy (non-hydrogen) atoms. The van der Waals surface area contributed by atoms with Gasteiger partial charge in [0.15, 0.2) is 0 Å². The topological polar surface area (TPSA) is 64.3 Å². The summed E-state index contributed by atoms with van der Waals surface area (Å²) in [6.07, 6.45) is 1.82. The summed E-state index contributed by atoms with van der Waals surface area (Å²) in [5, 5.41) is 3.76. The van der Waals surface area contributed by atoms with E-state index in [4.69, 9.17) is 22.1 Å². The van der Waals surface area contributed by atoms with Crippen LogP contribution >= 0.6 is 11.6 Å². The van der Waals surface area contributed by atoms with E-state index in [-0.39, 0.29) is 12.2 Å². The maximum atomic E-state index is 11.5. The van der Waals surface area contributed by atoms with Crippen LogP contribution in [0.15, 0.2) is 24.3 Å². The van der Waals surface area contributed by atoms with Gasteiger partial charge in [0.1, 0.15) is 6.04 Å². The Morgan fingerprint density at radius 3 is 2.61 bits per heavy atom. The van der Waals surface area contributed by atoms with Crippen molar-refractivity contribution in [2.75, 3.05) is 5.32 Å². The molecular weight excluding hydrogens is 252 g/mol. The van der Waals surface area contributed by atoms with Crippen molar-refractivity contribution < 1.29 is 9.53 Å². The molecule has 2 rings (SSSR count). The third-order valence-electron chi connectivity index (χ3n) is 3.11. The quantitative estimate of drug-likeness (QED) is 0.880. The van der Waals surface area contributed by atoms with Crippen molar-refractivity contribution in [3.63, 3.8) is 0 Å². The molecular formula is C13H17ClN2O2. The summed E-state index contributed by atoms with van der Waals surface area (Å²) in [4.78, 5) is 11.5. The van der Waals surface area contributed by atoms with E-state index in [9.17, 15) is 4.79 Å². The van der Waals surface area contributed by atoms with Gasteiger partial charge in [0.05, 0.1) is 12.2 Å². The minimum atomic E-state index is -0.504. The number of nitrogens with one attached hydrogen (secondary N) is 1. The Labute approximate surface area is 111 Å². The zero-order valence-electron chi connectivity index (χ0n) is 10.2. The number of hydrogen-bond acceptors (Lipinski definition) is 3. The van der Waals surface area contributed by atoms with Crippen LogP contribution in [0.25, 0.3) is 0 Å². The van der Waals surface area contributed by atoms with Crippen LogP contribution in [0, 0.1) is 0 Å². The van der Waals surface area contributed by atoms with Crippen LogP contribution in [0.1, 0.15) is 19.8 Å². The molecule has 0 bridgehead atoms. The van der Waals surface area contributed by atoms with Gasteiger partial charge in [-0.1, -0.05) is 11.6 Å². The van der Waals surface area contributed by atoms with E-state index in [1.54, 1.807) is 12.1 Å². The molecule has 1 heterocycles. The van der Waals surface area contributed by atoms with Crippen LogP contribution in [0.2, 0.25) is 5.02 Å². The van der Waals surface area contributed by atoms with Crippen molar-refractivity contribution in [1.82, 2.24) is 0 Å². The SMILES string of the molecule is CC1CCC(C(Nc2ccc(Cl)cc2)C(N)=O)O1. The van der Waals surface area contributed by atoms with Crippen LogP contribution in [-0.2, 0) is 9.53 Å².